The first-order valence-electron chi connectivity index (χ1n) is 9.64. The van der Waals surface area contributed by atoms with Crippen molar-refractivity contribution in [3.05, 3.63) is 47.9 Å². The van der Waals surface area contributed by atoms with E-state index in [2.05, 4.69) is 56.9 Å². The van der Waals surface area contributed by atoms with Gasteiger partial charge in [0.05, 0.1) is 29.5 Å². The van der Waals surface area contributed by atoms with Crippen LogP contribution < -0.4 is 10.1 Å². The quantitative estimate of drug-likeness (QED) is 0.531. The van der Waals surface area contributed by atoms with E-state index in [0.717, 1.165) is 59.0 Å². The summed E-state index contributed by atoms with van der Waals surface area (Å²) in [6, 6.07) is 8.27. The van der Waals surface area contributed by atoms with E-state index in [1.165, 1.54) is 5.56 Å². The third kappa shape index (κ3) is 3.41. The zero-order valence-corrected chi connectivity index (χ0v) is 16.4. The SMILES string of the molecule is CCCOc1cncc(-c2nnc3c(C)nc4ccc(CNCC)cc4n23)c1. The fourth-order valence-electron chi connectivity index (χ4n) is 3.23. The molecule has 0 spiro atoms. The number of hydrogen-bond acceptors (Lipinski definition) is 6. The summed E-state index contributed by atoms with van der Waals surface area (Å²) in [5, 5.41) is 12.2. The van der Waals surface area contributed by atoms with Gasteiger partial charge in [0.1, 0.15) is 5.75 Å². The fraction of sp³-hybridized carbons (Fsp3) is 0.333. The van der Waals surface area contributed by atoms with Gasteiger partial charge in [-0.15, -0.1) is 10.2 Å². The summed E-state index contributed by atoms with van der Waals surface area (Å²) in [4.78, 5) is 9.04. The molecule has 0 radical (unpaired) electrons. The first-order chi connectivity index (χ1) is 13.7. The molecule has 28 heavy (non-hydrogen) atoms. The molecule has 0 unspecified atom stereocenters. The molecule has 0 atom stereocenters. The molecule has 1 N–H and O–H groups in total. The first-order valence-corrected chi connectivity index (χ1v) is 9.64. The second kappa shape index (κ2) is 7.90. The lowest BCUT2D eigenvalue weighted by Gasteiger charge is -2.10. The Morgan fingerprint density at radius 3 is 2.82 bits per heavy atom. The van der Waals surface area contributed by atoms with Gasteiger partial charge < -0.3 is 10.1 Å². The monoisotopic (exact) mass is 376 g/mol. The number of aromatic nitrogens is 5. The van der Waals surface area contributed by atoms with Crippen LogP contribution in [0.25, 0.3) is 28.1 Å². The van der Waals surface area contributed by atoms with Gasteiger partial charge in [0, 0.05) is 18.3 Å². The number of hydrogen-bond donors (Lipinski definition) is 1. The van der Waals surface area contributed by atoms with E-state index in [9.17, 15) is 0 Å². The molecule has 7 nitrogen and oxygen atoms in total. The van der Waals surface area contributed by atoms with Gasteiger partial charge in [0.2, 0.25) is 0 Å². The van der Waals surface area contributed by atoms with E-state index in [-0.39, 0.29) is 0 Å². The molecule has 0 aliphatic carbocycles. The largest absolute Gasteiger partial charge is 0.492 e. The van der Waals surface area contributed by atoms with Crippen LogP contribution >= 0.6 is 0 Å². The number of ether oxygens (including phenoxy) is 1. The van der Waals surface area contributed by atoms with Crippen LogP contribution in [0.15, 0.2) is 36.7 Å². The molecule has 0 saturated heterocycles. The lowest BCUT2D eigenvalue weighted by atomic mass is 10.1. The number of nitrogens with zero attached hydrogens (tertiary/aromatic N) is 5. The van der Waals surface area contributed by atoms with Crippen LogP contribution in [0.1, 0.15) is 31.5 Å². The first kappa shape index (κ1) is 18.3. The van der Waals surface area contributed by atoms with Gasteiger partial charge in [-0.1, -0.05) is 19.9 Å². The zero-order valence-electron chi connectivity index (χ0n) is 16.4. The summed E-state index contributed by atoms with van der Waals surface area (Å²) >= 11 is 0. The molecule has 4 aromatic rings. The maximum Gasteiger partial charge on any atom is 0.183 e. The molecule has 0 saturated carbocycles. The van der Waals surface area contributed by atoms with Gasteiger partial charge in [0.25, 0.3) is 0 Å². The number of pyridine rings is 1. The second-order valence-electron chi connectivity index (χ2n) is 6.74. The average Bonchev–Trinajstić information content (AvgIpc) is 3.17. The minimum Gasteiger partial charge on any atom is -0.492 e. The van der Waals surface area contributed by atoms with Crippen molar-refractivity contribution >= 4 is 16.7 Å². The van der Waals surface area contributed by atoms with Crippen LogP contribution in [-0.2, 0) is 6.54 Å². The Bertz CT molecular complexity index is 1120. The molecule has 0 bridgehead atoms. The second-order valence-corrected chi connectivity index (χ2v) is 6.74. The Balaban J connectivity index is 1.89. The molecule has 0 amide bonds. The lowest BCUT2D eigenvalue weighted by molar-refractivity contribution is 0.316. The number of fused-ring (bicyclic) bond motifs is 3. The van der Waals surface area contributed by atoms with E-state index in [1.807, 2.05) is 13.0 Å². The summed E-state index contributed by atoms with van der Waals surface area (Å²) in [5.74, 6) is 1.47. The van der Waals surface area contributed by atoms with Crippen molar-refractivity contribution in [3.63, 3.8) is 0 Å². The van der Waals surface area contributed by atoms with Crippen molar-refractivity contribution in [2.24, 2.45) is 0 Å². The van der Waals surface area contributed by atoms with Crippen LogP contribution in [-0.4, -0.2) is 37.7 Å². The molecule has 144 valence electrons. The Kier molecular flexibility index (Phi) is 5.16. The third-order valence-corrected chi connectivity index (χ3v) is 4.58. The number of rotatable bonds is 7. The van der Waals surface area contributed by atoms with Gasteiger partial charge in [-0.2, -0.15) is 0 Å². The molecule has 4 rings (SSSR count). The van der Waals surface area contributed by atoms with Crippen molar-refractivity contribution < 1.29 is 4.74 Å². The molecule has 7 heteroatoms. The highest BCUT2D eigenvalue weighted by Crippen LogP contribution is 2.26. The van der Waals surface area contributed by atoms with Crippen molar-refractivity contribution in [3.8, 4) is 17.1 Å². The van der Waals surface area contributed by atoms with Gasteiger partial charge in [-0.05, 0) is 43.7 Å². The maximum atomic E-state index is 5.74. The fourth-order valence-corrected chi connectivity index (χ4v) is 3.23. The highest BCUT2D eigenvalue weighted by Gasteiger charge is 2.15. The van der Waals surface area contributed by atoms with Crippen molar-refractivity contribution in [2.75, 3.05) is 13.2 Å². The van der Waals surface area contributed by atoms with E-state index in [0.29, 0.717) is 6.61 Å². The predicted octanol–water partition coefficient (Wildman–Crippen LogP) is 3.55. The van der Waals surface area contributed by atoms with Gasteiger partial charge >= 0.3 is 0 Å². The van der Waals surface area contributed by atoms with Crippen molar-refractivity contribution in [2.45, 2.75) is 33.7 Å². The number of benzene rings is 1. The van der Waals surface area contributed by atoms with Gasteiger partial charge in [0.15, 0.2) is 11.5 Å². The molecule has 0 aliphatic rings. The summed E-state index contributed by atoms with van der Waals surface area (Å²) < 4.78 is 7.80. The standard InChI is InChI=1S/C21H24N6O/c1-4-8-28-17-10-16(12-23-13-17)21-26-25-20-14(3)24-18-7-6-15(11-22-5-2)9-19(18)27(20)21/h6-7,9-10,12-13,22H,4-5,8,11H2,1-3H3. The minimum absolute atomic E-state index is 0.658. The predicted molar refractivity (Wildman–Crippen MR) is 109 cm³/mol. The lowest BCUT2D eigenvalue weighted by Crippen LogP contribution is -2.11. The van der Waals surface area contributed by atoms with Crippen LogP contribution in [0.2, 0.25) is 0 Å². The normalized spacial score (nSPS) is 11.4. The highest BCUT2D eigenvalue weighted by molar-refractivity contribution is 5.81. The summed E-state index contributed by atoms with van der Waals surface area (Å²) in [6.07, 6.45) is 4.46. The number of nitrogens with one attached hydrogen (secondary N) is 1. The van der Waals surface area contributed by atoms with E-state index in [1.54, 1.807) is 12.4 Å². The minimum atomic E-state index is 0.658. The Labute approximate surface area is 163 Å². The summed E-state index contributed by atoms with van der Waals surface area (Å²) in [6.45, 7) is 8.53. The van der Waals surface area contributed by atoms with E-state index >= 15 is 0 Å². The molecule has 1 aromatic carbocycles. The Morgan fingerprint density at radius 1 is 1.11 bits per heavy atom. The topological polar surface area (TPSA) is 77.2 Å². The van der Waals surface area contributed by atoms with Gasteiger partial charge in [-0.25, -0.2) is 4.98 Å². The average molecular weight is 376 g/mol. The number of aryl methyl sites for hydroxylation is 1. The summed E-state index contributed by atoms with van der Waals surface area (Å²) in [5.41, 5.74) is 5.55. The van der Waals surface area contributed by atoms with Crippen LogP contribution in [0.4, 0.5) is 0 Å². The van der Waals surface area contributed by atoms with Gasteiger partial charge in [-0.3, -0.25) is 9.38 Å². The van der Waals surface area contributed by atoms with Crippen molar-refractivity contribution in [1.29, 1.82) is 0 Å². The molecule has 0 aliphatic heterocycles. The molecular formula is C21H24N6O. The van der Waals surface area contributed by atoms with Crippen LogP contribution in [0, 0.1) is 6.92 Å². The van der Waals surface area contributed by atoms with Crippen LogP contribution in [0.5, 0.6) is 5.75 Å². The third-order valence-electron chi connectivity index (χ3n) is 4.58. The highest BCUT2D eigenvalue weighted by atomic mass is 16.5. The summed E-state index contributed by atoms with van der Waals surface area (Å²) in [7, 11) is 0. The molecular weight excluding hydrogens is 352 g/mol. The van der Waals surface area contributed by atoms with Crippen molar-refractivity contribution in [1.82, 2.24) is 29.9 Å². The van der Waals surface area contributed by atoms with E-state index < -0.39 is 0 Å². The maximum absolute atomic E-state index is 5.74. The molecule has 3 aromatic heterocycles. The molecule has 0 fully saturated rings. The smallest absolute Gasteiger partial charge is 0.183 e. The zero-order chi connectivity index (χ0) is 19.5. The van der Waals surface area contributed by atoms with E-state index in [4.69, 9.17) is 9.72 Å². The van der Waals surface area contributed by atoms with Crippen LogP contribution in [0.3, 0.4) is 0 Å². The molecule has 3 heterocycles. The Hall–Kier alpha value is -3.06. The Morgan fingerprint density at radius 2 is 2.00 bits per heavy atom.